The lowest BCUT2D eigenvalue weighted by molar-refractivity contribution is -0.00524. The highest BCUT2D eigenvalue weighted by molar-refractivity contribution is 5.45. The molecule has 0 spiro atoms. The smallest absolute Gasteiger partial charge is 0.0957 e. The van der Waals surface area contributed by atoms with E-state index in [-0.39, 0.29) is 12.2 Å². The van der Waals surface area contributed by atoms with Crippen molar-refractivity contribution in [2.24, 2.45) is 0 Å². The Balaban J connectivity index is 2.09. The summed E-state index contributed by atoms with van der Waals surface area (Å²) in [6.45, 7) is 7.91. The molecule has 4 heteroatoms. The fourth-order valence-corrected chi connectivity index (χ4v) is 2.38. The van der Waals surface area contributed by atoms with Gasteiger partial charge in [0.25, 0.3) is 0 Å². The molecule has 4 nitrogen and oxygen atoms in total. The highest BCUT2D eigenvalue weighted by Gasteiger charge is 2.22. The number of ether oxygens (including phenoxy) is 1. The quantitative estimate of drug-likeness (QED) is 0.892. The van der Waals surface area contributed by atoms with Crippen LogP contribution >= 0.6 is 0 Å². The monoisotopic (exact) mass is 250 g/mol. The molecule has 1 saturated heterocycles. The second kappa shape index (κ2) is 5.67. The molecule has 0 unspecified atom stereocenters. The van der Waals surface area contributed by atoms with Crippen LogP contribution in [-0.2, 0) is 4.74 Å². The summed E-state index contributed by atoms with van der Waals surface area (Å²) in [7, 11) is 0. The summed E-state index contributed by atoms with van der Waals surface area (Å²) in [4.78, 5) is 6.63. The fourth-order valence-electron chi connectivity index (χ4n) is 2.38. The lowest BCUT2D eigenvalue weighted by Crippen LogP contribution is -2.45. The van der Waals surface area contributed by atoms with Crippen LogP contribution < -0.4 is 4.90 Å². The van der Waals surface area contributed by atoms with Crippen molar-refractivity contribution in [3.05, 3.63) is 24.0 Å². The number of pyridine rings is 1. The average Bonchev–Trinajstić information content (AvgIpc) is 2.37. The second-order valence-electron chi connectivity index (χ2n) is 5.03. The van der Waals surface area contributed by atoms with E-state index in [1.54, 1.807) is 0 Å². The van der Waals surface area contributed by atoms with E-state index in [0.29, 0.717) is 6.42 Å². The Morgan fingerprint density at radius 1 is 1.39 bits per heavy atom. The summed E-state index contributed by atoms with van der Waals surface area (Å²) in [6, 6.07) is 3.94. The van der Waals surface area contributed by atoms with Gasteiger partial charge in [-0.25, -0.2) is 0 Å². The van der Waals surface area contributed by atoms with Gasteiger partial charge < -0.3 is 14.7 Å². The Hall–Kier alpha value is -1.13. The van der Waals surface area contributed by atoms with Gasteiger partial charge >= 0.3 is 0 Å². The maximum Gasteiger partial charge on any atom is 0.0957 e. The van der Waals surface area contributed by atoms with E-state index in [4.69, 9.17) is 4.74 Å². The van der Waals surface area contributed by atoms with Gasteiger partial charge in [0, 0.05) is 13.1 Å². The lowest BCUT2D eigenvalue weighted by atomic mass is 10.1. The predicted octanol–water partition coefficient (Wildman–Crippen LogP) is 2.14. The molecule has 0 amide bonds. The average molecular weight is 250 g/mol. The van der Waals surface area contributed by atoms with Gasteiger partial charge in [0.2, 0.25) is 0 Å². The molecule has 1 aromatic rings. The lowest BCUT2D eigenvalue weighted by Gasteiger charge is -2.36. The van der Waals surface area contributed by atoms with Crippen molar-refractivity contribution in [1.82, 2.24) is 4.98 Å². The molecule has 1 fully saturated rings. The zero-order valence-corrected chi connectivity index (χ0v) is 11.3. The number of rotatable bonds is 3. The molecule has 1 aromatic heterocycles. The first-order chi connectivity index (χ1) is 8.60. The van der Waals surface area contributed by atoms with Gasteiger partial charge in [0.15, 0.2) is 0 Å². The molecule has 0 aliphatic carbocycles. The van der Waals surface area contributed by atoms with Crippen molar-refractivity contribution in [3.8, 4) is 0 Å². The molecular weight excluding hydrogens is 228 g/mol. The van der Waals surface area contributed by atoms with Gasteiger partial charge in [-0.15, -0.1) is 0 Å². The highest BCUT2D eigenvalue weighted by atomic mass is 16.5. The first kappa shape index (κ1) is 13.3. The van der Waals surface area contributed by atoms with Crippen LogP contribution in [0.5, 0.6) is 0 Å². The minimum absolute atomic E-state index is 0.245. The number of hydrogen-bond acceptors (Lipinski definition) is 4. The molecule has 0 saturated carbocycles. The highest BCUT2D eigenvalue weighted by Crippen LogP contribution is 2.21. The summed E-state index contributed by atoms with van der Waals surface area (Å²) in [5.74, 6) is 0. The Labute approximate surface area is 109 Å². The van der Waals surface area contributed by atoms with Crippen molar-refractivity contribution in [1.29, 1.82) is 0 Å². The minimum Gasteiger partial charge on any atom is -0.387 e. The SMILES string of the molecule is CC[C@H](O)c1ccc(N2C[C@@H](C)O[C@@H](C)C2)cn1. The molecule has 0 aromatic carbocycles. The molecule has 1 N–H and O–H groups in total. The van der Waals surface area contributed by atoms with E-state index in [1.807, 2.05) is 25.3 Å². The van der Waals surface area contributed by atoms with E-state index in [1.165, 1.54) is 0 Å². The summed E-state index contributed by atoms with van der Waals surface area (Å²) in [6.07, 6.45) is 2.57. The number of aliphatic hydroxyl groups excluding tert-OH is 1. The summed E-state index contributed by atoms with van der Waals surface area (Å²) in [5.41, 5.74) is 1.85. The molecule has 0 bridgehead atoms. The molecule has 1 aliphatic heterocycles. The molecule has 2 heterocycles. The zero-order valence-electron chi connectivity index (χ0n) is 11.3. The van der Waals surface area contributed by atoms with Crippen molar-refractivity contribution >= 4 is 5.69 Å². The van der Waals surface area contributed by atoms with E-state index in [2.05, 4.69) is 23.7 Å². The summed E-state index contributed by atoms with van der Waals surface area (Å²) < 4.78 is 5.72. The molecule has 18 heavy (non-hydrogen) atoms. The van der Waals surface area contributed by atoms with Crippen LogP contribution in [0.1, 0.15) is 39.0 Å². The number of anilines is 1. The van der Waals surface area contributed by atoms with Crippen LogP contribution in [-0.4, -0.2) is 35.4 Å². The molecule has 1 aliphatic rings. The molecule has 0 radical (unpaired) electrons. The van der Waals surface area contributed by atoms with Crippen molar-refractivity contribution < 1.29 is 9.84 Å². The molecule has 3 atom stereocenters. The van der Waals surface area contributed by atoms with Crippen LogP contribution in [0.25, 0.3) is 0 Å². The first-order valence-corrected chi connectivity index (χ1v) is 6.64. The van der Waals surface area contributed by atoms with Gasteiger partial charge in [-0.2, -0.15) is 0 Å². The first-order valence-electron chi connectivity index (χ1n) is 6.64. The Kier molecular flexibility index (Phi) is 4.19. The predicted molar refractivity (Wildman–Crippen MR) is 71.7 cm³/mol. The number of hydrogen-bond donors (Lipinski definition) is 1. The number of nitrogens with zero attached hydrogens (tertiary/aromatic N) is 2. The number of aromatic nitrogens is 1. The third-order valence-electron chi connectivity index (χ3n) is 3.28. The van der Waals surface area contributed by atoms with Gasteiger partial charge in [0.05, 0.1) is 35.9 Å². The standard InChI is InChI=1S/C14H22N2O2/c1-4-14(17)13-6-5-12(7-15-13)16-8-10(2)18-11(3)9-16/h5-7,10-11,14,17H,4,8-9H2,1-3H3/t10-,11+,14-/m0/s1. The zero-order chi connectivity index (χ0) is 13.1. The normalized spacial score (nSPS) is 26.1. The third-order valence-corrected chi connectivity index (χ3v) is 3.28. The Morgan fingerprint density at radius 2 is 2.06 bits per heavy atom. The molecule has 100 valence electrons. The van der Waals surface area contributed by atoms with Gasteiger partial charge in [-0.05, 0) is 32.4 Å². The molecule has 2 rings (SSSR count). The largest absolute Gasteiger partial charge is 0.387 e. The summed E-state index contributed by atoms with van der Waals surface area (Å²) >= 11 is 0. The van der Waals surface area contributed by atoms with Crippen molar-refractivity contribution in [3.63, 3.8) is 0 Å². The maximum absolute atomic E-state index is 9.72. The van der Waals surface area contributed by atoms with Gasteiger partial charge in [0.1, 0.15) is 0 Å². The minimum atomic E-state index is -0.457. The van der Waals surface area contributed by atoms with Crippen LogP contribution in [0, 0.1) is 0 Å². The third kappa shape index (κ3) is 3.00. The van der Waals surface area contributed by atoms with Gasteiger partial charge in [-0.1, -0.05) is 6.92 Å². The summed E-state index contributed by atoms with van der Waals surface area (Å²) in [5, 5.41) is 9.72. The van der Waals surface area contributed by atoms with Crippen LogP contribution in [0.4, 0.5) is 5.69 Å². The van der Waals surface area contributed by atoms with E-state index < -0.39 is 6.10 Å². The number of aliphatic hydroxyl groups is 1. The van der Waals surface area contributed by atoms with Crippen LogP contribution in [0.15, 0.2) is 18.3 Å². The van der Waals surface area contributed by atoms with Crippen molar-refractivity contribution in [2.75, 3.05) is 18.0 Å². The maximum atomic E-state index is 9.72. The van der Waals surface area contributed by atoms with E-state index in [0.717, 1.165) is 24.5 Å². The Bertz CT molecular complexity index is 370. The second-order valence-corrected chi connectivity index (χ2v) is 5.03. The Morgan fingerprint density at radius 3 is 2.56 bits per heavy atom. The van der Waals surface area contributed by atoms with Crippen LogP contribution in [0.2, 0.25) is 0 Å². The van der Waals surface area contributed by atoms with Gasteiger partial charge in [-0.3, -0.25) is 4.98 Å². The van der Waals surface area contributed by atoms with E-state index in [9.17, 15) is 5.11 Å². The number of morpholine rings is 1. The topological polar surface area (TPSA) is 45.6 Å². The fraction of sp³-hybridized carbons (Fsp3) is 0.643. The van der Waals surface area contributed by atoms with Crippen LogP contribution in [0.3, 0.4) is 0 Å². The molecular formula is C14H22N2O2. The van der Waals surface area contributed by atoms with E-state index >= 15 is 0 Å². The van der Waals surface area contributed by atoms with Crippen molar-refractivity contribution in [2.45, 2.75) is 45.5 Å².